The van der Waals surface area contributed by atoms with Gasteiger partial charge in [0, 0.05) is 30.5 Å². The van der Waals surface area contributed by atoms with Gasteiger partial charge in [-0.1, -0.05) is 13.8 Å². The van der Waals surface area contributed by atoms with E-state index >= 15 is 0 Å². The van der Waals surface area contributed by atoms with E-state index < -0.39 is 18.1 Å². The fourth-order valence-electron chi connectivity index (χ4n) is 8.70. The van der Waals surface area contributed by atoms with E-state index in [0.717, 1.165) is 45.1 Å². The van der Waals surface area contributed by atoms with E-state index in [2.05, 4.69) is 31.1 Å². The molecule has 5 rings (SSSR count). The quantitative estimate of drug-likeness (QED) is 0.586. The lowest BCUT2D eigenvalue weighted by Gasteiger charge is -2.69. The average Bonchev–Trinajstić information content (AvgIpc) is 3.08. The van der Waals surface area contributed by atoms with E-state index in [-0.39, 0.29) is 29.3 Å². The van der Waals surface area contributed by atoms with Crippen molar-refractivity contribution in [3.63, 3.8) is 0 Å². The van der Waals surface area contributed by atoms with Crippen molar-refractivity contribution < 1.29 is 24.5 Å². The maximum absolute atomic E-state index is 12.0. The lowest BCUT2D eigenvalue weighted by Crippen LogP contribution is -2.78. The summed E-state index contributed by atoms with van der Waals surface area (Å²) in [6.07, 6.45) is 5.60. The number of methoxy groups -OCH3 is 1. The Bertz CT molecular complexity index is 718. The number of carbonyl (C=O) groups is 1. The van der Waals surface area contributed by atoms with Crippen LogP contribution in [0.4, 0.5) is 0 Å². The van der Waals surface area contributed by atoms with Gasteiger partial charge in [-0.3, -0.25) is 10.1 Å². The van der Waals surface area contributed by atoms with Crippen LogP contribution in [0.3, 0.4) is 0 Å². The second-order valence-corrected chi connectivity index (χ2v) is 11.4. The lowest BCUT2D eigenvalue weighted by atomic mass is 9.42. The first-order chi connectivity index (χ1) is 14.7. The Morgan fingerprint density at radius 3 is 2.74 bits per heavy atom. The van der Waals surface area contributed by atoms with Gasteiger partial charge in [-0.05, 0) is 70.4 Å². The normalized spacial score (nSPS) is 49.7. The largest absolute Gasteiger partial charge is 0.480 e. The highest BCUT2D eigenvalue weighted by Gasteiger charge is 2.78. The molecule has 0 amide bonds. The zero-order valence-corrected chi connectivity index (χ0v) is 19.4. The number of hydrogen-bond donors (Lipinski definition) is 3. The summed E-state index contributed by atoms with van der Waals surface area (Å²) < 4.78 is 13.3. The third-order valence-corrected chi connectivity index (χ3v) is 9.72. The number of rotatable bonds is 6. The molecule has 7 nitrogen and oxygen atoms in total. The van der Waals surface area contributed by atoms with Gasteiger partial charge in [-0.2, -0.15) is 0 Å². The Hall–Kier alpha value is -0.730. The number of aliphatic hydroxyl groups excluding tert-OH is 1. The minimum atomic E-state index is -0.784. The molecule has 5 aliphatic rings. The molecular weight excluding hydrogens is 396 g/mol. The van der Waals surface area contributed by atoms with Crippen molar-refractivity contribution in [1.29, 1.82) is 0 Å². The molecule has 1 spiro atoms. The van der Waals surface area contributed by atoms with Crippen molar-refractivity contribution in [1.82, 2.24) is 10.2 Å². The summed E-state index contributed by atoms with van der Waals surface area (Å²) in [6.45, 7) is 5.14. The maximum atomic E-state index is 12.0. The van der Waals surface area contributed by atoms with Gasteiger partial charge in [0.15, 0.2) is 0 Å². The zero-order chi connectivity index (χ0) is 22.1. The number of carboxylic acids is 1. The van der Waals surface area contributed by atoms with E-state index in [0.29, 0.717) is 30.2 Å². The summed E-state index contributed by atoms with van der Waals surface area (Å²) in [7, 11) is 4.09. The number of hydrogen-bond acceptors (Lipinski definition) is 6. The number of likely N-dealkylation sites (tertiary alicyclic amines) is 1. The summed E-state index contributed by atoms with van der Waals surface area (Å²) in [6, 6.07) is -0.239. The van der Waals surface area contributed by atoms with Gasteiger partial charge < -0.3 is 24.6 Å². The Balaban J connectivity index is 1.55. The molecule has 2 bridgehead atoms. The van der Waals surface area contributed by atoms with Crippen LogP contribution in [0.25, 0.3) is 0 Å². The highest BCUT2D eigenvalue weighted by atomic mass is 16.5. The first-order valence-electron chi connectivity index (χ1n) is 12.3. The number of aliphatic hydroxyl groups is 1. The van der Waals surface area contributed by atoms with E-state index in [1.54, 1.807) is 0 Å². The molecule has 3 saturated carbocycles. The van der Waals surface area contributed by atoms with E-state index in [4.69, 9.17) is 9.47 Å². The van der Waals surface area contributed by atoms with Crippen LogP contribution in [-0.2, 0) is 14.3 Å². The molecule has 0 aromatic rings. The number of carboxylic acid groups (broad SMARTS) is 1. The second-order valence-electron chi connectivity index (χ2n) is 11.4. The van der Waals surface area contributed by atoms with Crippen molar-refractivity contribution in [3.05, 3.63) is 0 Å². The monoisotopic (exact) mass is 436 g/mol. The van der Waals surface area contributed by atoms with E-state index in [1.165, 1.54) is 0 Å². The standard InChI is InChI=1S/C24H40N2O5/c1-13(2)11-16(22(28)29)25-15-7-8-24(30-4)18-12-14-5-6-17(27)20-19(14)23(24,21(15)31-20)9-10-26(18)3/h13-21,25,27H,5-12H2,1-4H3,(H,28,29)/t14?,15-,16+,17?,18?,19?,20?,21+,23+,24-/m1/s1. The number of aliphatic carboxylic acids is 1. The lowest BCUT2D eigenvalue weighted by molar-refractivity contribution is -0.269. The Morgan fingerprint density at radius 2 is 2.06 bits per heavy atom. The predicted octanol–water partition coefficient (Wildman–Crippen LogP) is 1.87. The van der Waals surface area contributed by atoms with Crippen LogP contribution in [0, 0.1) is 23.2 Å². The van der Waals surface area contributed by atoms with Crippen LogP contribution in [0.1, 0.15) is 58.8 Å². The molecule has 3 N–H and O–H groups in total. The summed E-state index contributed by atoms with van der Waals surface area (Å²) in [5.41, 5.74) is -0.447. The van der Waals surface area contributed by atoms with Crippen molar-refractivity contribution in [2.75, 3.05) is 20.7 Å². The highest BCUT2D eigenvalue weighted by Crippen LogP contribution is 2.70. The molecule has 5 unspecified atom stereocenters. The zero-order valence-electron chi connectivity index (χ0n) is 19.4. The fraction of sp³-hybridized carbons (Fsp3) is 0.958. The van der Waals surface area contributed by atoms with Crippen molar-refractivity contribution in [2.45, 2.75) is 101 Å². The number of nitrogens with one attached hydrogen (secondary N) is 1. The highest BCUT2D eigenvalue weighted by molar-refractivity contribution is 5.73. The minimum absolute atomic E-state index is 0.0243. The van der Waals surface area contributed by atoms with Crippen molar-refractivity contribution in [2.24, 2.45) is 23.2 Å². The van der Waals surface area contributed by atoms with Gasteiger partial charge in [-0.15, -0.1) is 0 Å². The Morgan fingerprint density at radius 1 is 1.29 bits per heavy atom. The predicted molar refractivity (Wildman–Crippen MR) is 116 cm³/mol. The van der Waals surface area contributed by atoms with Gasteiger partial charge in [-0.25, -0.2) is 0 Å². The number of ether oxygens (including phenoxy) is 2. The fourth-order valence-corrected chi connectivity index (χ4v) is 8.70. The Kier molecular flexibility index (Phi) is 5.45. The van der Waals surface area contributed by atoms with Gasteiger partial charge >= 0.3 is 5.97 Å². The molecule has 2 saturated heterocycles. The molecule has 31 heavy (non-hydrogen) atoms. The van der Waals surface area contributed by atoms with Gasteiger partial charge in [0.2, 0.25) is 0 Å². The van der Waals surface area contributed by atoms with E-state index in [1.807, 2.05) is 7.11 Å². The molecule has 2 heterocycles. The first-order valence-corrected chi connectivity index (χ1v) is 12.3. The van der Waals surface area contributed by atoms with Crippen LogP contribution in [-0.4, -0.2) is 83.8 Å². The van der Waals surface area contributed by atoms with Gasteiger partial charge in [0.1, 0.15) is 6.04 Å². The molecule has 176 valence electrons. The topological polar surface area (TPSA) is 91.3 Å². The van der Waals surface area contributed by atoms with Crippen LogP contribution in [0.2, 0.25) is 0 Å². The smallest absolute Gasteiger partial charge is 0.320 e. The SMILES string of the molecule is CO[C@]12CC[C@@H](N[C@@H](CC(C)C)C(=O)O)[C@@H]3OC4C(O)CCC5CC1N(C)CC[C@]32C54. The molecular formula is C24H40N2O5. The van der Waals surface area contributed by atoms with Crippen LogP contribution in [0.5, 0.6) is 0 Å². The molecule has 0 aromatic heterocycles. The molecule has 0 aromatic carbocycles. The molecule has 0 radical (unpaired) electrons. The summed E-state index contributed by atoms with van der Waals surface area (Å²) in [5.74, 6) is 0.352. The molecule has 3 aliphatic carbocycles. The molecule has 10 atom stereocenters. The number of nitrogens with zero attached hydrogens (tertiary/aromatic N) is 1. The summed E-state index contributed by atoms with van der Waals surface area (Å²) >= 11 is 0. The maximum Gasteiger partial charge on any atom is 0.320 e. The Labute approximate surface area is 185 Å². The van der Waals surface area contributed by atoms with Crippen molar-refractivity contribution >= 4 is 5.97 Å². The molecule has 2 aliphatic heterocycles. The third-order valence-electron chi connectivity index (χ3n) is 9.72. The van der Waals surface area contributed by atoms with Crippen LogP contribution in [0.15, 0.2) is 0 Å². The average molecular weight is 437 g/mol. The third kappa shape index (κ3) is 2.92. The summed E-state index contributed by atoms with van der Waals surface area (Å²) in [5, 5.41) is 24.3. The second kappa shape index (κ2) is 7.66. The van der Waals surface area contributed by atoms with Gasteiger partial charge in [0.05, 0.1) is 23.9 Å². The van der Waals surface area contributed by atoms with Crippen molar-refractivity contribution in [3.8, 4) is 0 Å². The number of piperidine rings is 1. The van der Waals surface area contributed by atoms with Crippen LogP contribution >= 0.6 is 0 Å². The number of likely N-dealkylation sites (N-methyl/N-ethyl adjacent to an activating group) is 1. The summed E-state index contributed by atoms with van der Waals surface area (Å²) in [4.78, 5) is 14.5. The van der Waals surface area contributed by atoms with Gasteiger partial charge in [0.25, 0.3) is 0 Å². The molecule has 5 fully saturated rings. The molecule has 7 heteroatoms. The van der Waals surface area contributed by atoms with Crippen LogP contribution < -0.4 is 5.32 Å². The van der Waals surface area contributed by atoms with E-state index in [9.17, 15) is 15.0 Å². The first kappa shape index (κ1) is 22.1. The minimum Gasteiger partial charge on any atom is -0.480 e.